The van der Waals surface area contributed by atoms with E-state index in [-0.39, 0.29) is 29.5 Å². The first-order valence-electron chi connectivity index (χ1n) is 10.8. The first-order chi connectivity index (χ1) is 14.8. The Morgan fingerprint density at radius 3 is 2.23 bits per heavy atom. The summed E-state index contributed by atoms with van der Waals surface area (Å²) in [4.78, 5) is 13.0. The number of piperidine rings is 1. The lowest BCUT2D eigenvalue weighted by atomic mass is 9.92. The summed E-state index contributed by atoms with van der Waals surface area (Å²) < 4.78 is 32.2. The van der Waals surface area contributed by atoms with Gasteiger partial charge in [0.1, 0.15) is 5.75 Å². The number of amides is 1. The van der Waals surface area contributed by atoms with Crippen molar-refractivity contribution in [3.05, 3.63) is 65.7 Å². The highest BCUT2D eigenvalue weighted by Crippen LogP contribution is 2.27. The van der Waals surface area contributed by atoms with Crippen LogP contribution < -0.4 is 10.1 Å². The predicted molar refractivity (Wildman–Crippen MR) is 122 cm³/mol. The Bertz CT molecular complexity index is 951. The molecule has 0 bridgehead atoms. The highest BCUT2D eigenvalue weighted by Gasteiger charge is 2.32. The zero-order valence-corrected chi connectivity index (χ0v) is 19.3. The zero-order valence-electron chi connectivity index (χ0n) is 18.5. The van der Waals surface area contributed by atoms with Gasteiger partial charge in [0.2, 0.25) is 15.9 Å². The minimum absolute atomic E-state index is 0.00238. The van der Waals surface area contributed by atoms with Crippen molar-refractivity contribution in [1.29, 1.82) is 0 Å². The molecule has 1 unspecified atom stereocenters. The molecule has 6 nitrogen and oxygen atoms in total. The van der Waals surface area contributed by atoms with Crippen molar-refractivity contribution in [2.45, 2.75) is 38.5 Å². The minimum atomic E-state index is -3.38. The highest BCUT2D eigenvalue weighted by molar-refractivity contribution is 7.88. The van der Waals surface area contributed by atoms with Crippen LogP contribution >= 0.6 is 0 Å². The van der Waals surface area contributed by atoms with Crippen molar-refractivity contribution in [3.63, 3.8) is 0 Å². The standard InChI is InChI=1S/C24H32N2O4S/c1-18(2)23(20-9-11-22(30-3)12-10-20)25-24(27)21-13-15-26(16-14-21)31(28,29)17-19-7-5-4-6-8-19/h4-12,18,21,23H,13-17H2,1-3H3,(H,25,27). The molecule has 31 heavy (non-hydrogen) atoms. The molecule has 3 rings (SSSR count). The van der Waals surface area contributed by atoms with E-state index in [1.807, 2.05) is 54.6 Å². The van der Waals surface area contributed by atoms with Crippen LogP contribution in [0.15, 0.2) is 54.6 Å². The fourth-order valence-electron chi connectivity index (χ4n) is 3.99. The molecular formula is C24H32N2O4S. The Morgan fingerprint density at radius 2 is 1.68 bits per heavy atom. The van der Waals surface area contributed by atoms with Crippen molar-refractivity contribution in [2.24, 2.45) is 11.8 Å². The fraction of sp³-hybridized carbons (Fsp3) is 0.458. The third-order valence-electron chi connectivity index (χ3n) is 5.85. The second-order valence-corrected chi connectivity index (χ2v) is 10.4. The topological polar surface area (TPSA) is 75.7 Å². The Balaban J connectivity index is 1.58. The maximum atomic E-state index is 13.0. The van der Waals surface area contributed by atoms with E-state index in [4.69, 9.17) is 4.74 Å². The number of hydrogen-bond acceptors (Lipinski definition) is 4. The van der Waals surface area contributed by atoms with Crippen molar-refractivity contribution in [1.82, 2.24) is 9.62 Å². The summed E-state index contributed by atoms with van der Waals surface area (Å²) in [7, 11) is -1.75. The Morgan fingerprint density at radius 1 is 1.06 bits per heavy atom. The molecule has 1 aliphatic heterocycles. The molecule has 1 fully saturated rings. The SMILES string of the molecule is COc1ccc(C(NC(=O)C2CCN(S(=O)(=O)Cc3ccccc3)CC2)C(C)C)cc1. The van der Waals surface area contributed by atoms with Crippen LogP contribution in [0.3, 0.4) is 0 Å². The molecule has 168 valence electrons. The highest BCUT2D eigenvalue weighted by atomic mass is 32.2. The van der Waals surface area contributed by atoms with E-state index in [1.165, 1.54) is 4.31 Å². The van der Waals surface area contributed by atoms with Crippen LogP contribution in [0.1, 0.15) is 43.9 Å². The molecular weight excluding hydrogens is 412 g/mol. The number of benzene rings is 2. The lowest BCUT2D eigenvalue weighted by molar-refractivity contribution is -0.127. The van der Waals surface area contributed by atoms with E-state index >= 15 is 0 Å². The smallest absolute Gasteiger partial charge is 0.223 e. The normalized spacial score (nSPS) is 16.8. The molecule has 0 radical (unpaired) electrons. The molecule has 1 atom stereocenters. The Kier molecular flexibility index (Phi) is 7.73. The number of nitrogens with one attached hydrogen (secondary N) is 1. The number of carbonyl (C=O) groups is 1. The molecule has 0 aromatic heterocycles. The van der Waals surface area contributed by atoms with Gasteiger partial charge in [0, 0.05) is 19.0 Å². The molecule has 2 aromatic rings. The van der Waals surface area contributed by atoms with Gasteiger partial charge in [-0.15, -0.1) is 0 Å². The third-order valence-corrected chi connectivity index (χ3v) is 7.70. The van der Waals surface area contributed by atoms with E-state index in [0.29, 0.717) is 25.9 Å². The number of ether oxygens (including phenoxy) is 1. The van der Waals surface area contributed by atoms with E-state index in [2.05, 4.69) is 19.2 Å². The quantitative estimate of drug-likeness (QED) is 0.673. The number of carbonyl (C=O) groups excluding carboxylic acids is 1. The average molecular weight is 445 g/mol. The first kappa shape index (κ1) is 23.3. The average Bonchev–Trinajstić information content (AvgIpc) is 2.77. The van der Waals surface area contributed by atoms with E-state index in [0.717, 1.165) is 16.9 Å². The summed E-state index contributed by atoms with van der Waals surface area (Å²) in [6.07, 6.45) is 1.07. The van der Waals surface area contributed by atoms with Gasteiger partial charge in [0.05, 0.1) is 18.9 Å². The van der Waals surface area contributed by atoms with Gasteiger partial charge in [0.15, 0.2) is 0 Å². The number of hydrogen-bond donors (Lipinski definition) is 1. The van der Waals surface area contributed by atoms with Crippen LogP contribution in [0, 0.1) is 11.8 Å². The Labute approximate surface area is 185 Å². The van der Waals surface area contributed by atoms with Gasteiger partial charge in [-0.2, -0.15) is 0 Å². The molecule has 2 aromatic carbocycles. The van der Waals surface area contributed by atoms with Gasteiger partial charge in [-0.3, -0.25) is 4.79 Å². The minimum Gasteiger partial charge on any atom is -0.497 e. The van der Waals surface area contributed by atoms with Crippen LogP contribution in [0.4, 0.5) is 0 Å². The second-order valence-electron chi connectivity index (χ2n) is 8.42. The van der Waals surface area contributed by atoms with Gasteiger partial charge in [0.25, 0.3) is 0 Å². The van der Waals surface area contributed by atoms with Crippen LogP contribution in [0.2, 0.25) is 0 Å². The summed E-state index contributed by atoms with van der Waals surface area (Å²) in [5.74, 6) is 0.820. The largest absolute Gasteiger partial charge is 0.497 e. The van der Waals surface area contributed by atoms with Gasteiger partial charge < -0.3 is 10.1 Å². The summed E-state index contributed by atoms with van der Waals surface area (Å²) in [5.41, 5.74) is 1.81. The second kappa shape index (κ2) is 10.3. The van der Waals surface area contributed by atoms with Gasteiger partial charge in [-0.1, -0.05) is 56.3 Å². The summed E-state index contributed by atoms with van der Waals surface area (Å²) in [5, 5.41) is 3.19. The third kappa shape index (κ3) is 6.08. The molecule has 1 heterocycles. The monoisotopic (exact) mass is 444 g/mol. The van der Waals surface area contributed by atoms with Crippen molar-refractivity contribution in [3.8, 4) is 5.75 Å². The van der Waals surface area contributed by atoms with Crippen molar-refractivity contribution in [2.75, 3.05) is 20.2 Å². The predicted octanol–water partition coefficient (Wildman–Crippen LogP) is 3.75. The fourth-order valence-corrected chi connectivity index (χ4v) is 5.55. The maximum absolute atomic E-state index is 13.0. The molecule has 1 aliphatic rings. The van der Waals surface area contributed by atoms with E-state index in [9.17, 15) is 13.2 Å². The van der Waals surface area contributed by atoms with Gasteiger partial charge in [-0.25, -0.2) is 12.7 Å². The first-order valence-corrected chi connectivity index (χ1v) is 12.4. The molecule has 0 spiro atoms. The lowest BCUT2D eigenvalue weighted by Gasteiger charge is -2.32. The molecule has 0 saturated carbocycles. The molecule has 1 N–H and O–H groups in total. The number of methoxy groups -OCH3 is 1. The van der Waals surface area contributed by atoms with Gasteiger partial charge >= 0.3 is 0 Å². The number of rotatable bonds is 8. The van der Waals surface area contributed by atoms with E-state index < -0.39 is 10.0 Å². The zero-order chi connectivity index (χ0) is 22.4. The summed E-state index contributed by atoms with van der Waals surface area (Å²) in [6, 6.07) is 16.8. The van der Waals surface area contributed by atoms with Crippen LogP contribution in [0.5, 0.6) is 5.75 Å². The van der Waals surface area contributed by atoms with Crippen molar-refractivity contribution >= 4 is 15.9 Å². The van der Waals surface area contributed by atoms with E-state index in [1.54, 1.807) is 7.11 Å². The number of sulfonamides is 1. The van der Waals surface area contributed by atoms with Crippen LogP contribution in [-0.4, -0.2) is 38.8 Å². The Hall–Kier alpha value is -2.38. The maximum Gasteiger partial charge on any atom is 0.223 e. The number of nitrogens with zero attached hydrogens (tertiary/aromatic N) is 1. The lowest BCUT2D eigenvalue weighted by Crippen LogP contribution is -2.44. The van der Waals surface area contributed by atoms with Crippen LogP contribution in [-0.2, 0) is 20.6 Å². The summed E-state index contributed by atoms with van der Waals surface area (Å²) in [6.45, 7) is 4.91. The summed E-state index contributed by atoms with van der Waals surface area (Å²) >= 11 is 0. The molecule has 0 aliphatic carbocycles. The van der Waals surface area contributed by atoms with Crippen molar-refractivity contribution < 1.29 is 17.9 Å². The van der Waals surface area contributed by atoms with Crippen LogP contribution in [0.25, 0.3) is 0 Å². The molecule has 1 saturated heterocycles. The molecule has 7 heteroatoms. The molecule has 1 amide bonds. The van der Waals surface area contributed by atoms with Gasteiger partial charge in [-0.05, 0) is 42.0 Å².